The maximum atomic E-state index is 8.58. The minimum Gasteiger partial charge on any atom is -0.489 e. The van der Waals surface area contributed by atoms with Crippen molar-refractivity contribution >= 4 is 5.84 Å². The van der Waals surface area contributed by atoms with Gasteiger partial charge >= 0.3 is 0 Å². The first-order valence-corrected chi connectivity index (χ1v) is 4.92. The topological polar surface area (TPSA) is 90.0 Å². The Hall–Kier alpha value is -1.82. The van der Waals surface area contributed by atoms with Crippen LogP contribution < -0.4 is 10.5 Å². The Kier molecular flexibility index (Phi) is 5.07. The van der Waals surface area contributed by atoms with Crippen molar-refractivity contribution in [3.63, 3.8) is 0 Å². The Labute approximate surface area is 93.7 Å². The highest BCUT2D eigenvalue weighted by molar-refractivity contribution is 5.99. The molecule has 0 unspecified atom stereocenters. The van der Waals surface area contributed by atoms with Crippen molar-refractivity contribution in [3.05, 3.63) is 24.0 Å². The van der Waals surface area contributed by atoms with Crippen LogP contribution >= 0.6 is 0 Å². The Balaban J connectivity index is 2.64. The molecule has 0 aliphatic carbocycles. The molecule has 0 saturated heterocycles. The van der Waals surface area contributed by atoms with Crippen LogP contribution in [0.15, 0.2) is 23.6 Å². The molecule has 16 heavy (non-hydrogen) atoms. The Morgan fingerprint density at radius 3 is 3.06 bits per heavy atom. The summed E-state index contributed by atoms with van der Waals surface area (Å²) in [5, 5.41) is 11.5. The highest BCUT2D eigenvalue weighted by Gasteiger charge is 2.07. The van der Waals surface area contributed by atoms with Crippen molar-refractivity contribution in [2.45, 2.75) is 6.92 Å². The number of nitrogens with two attached hydrogens (primary N) is 1. The van der Waals surface area contributed by atoms with Crippen LogP contribution in [-0.4, -0.2) is 35.8 Å². The van der Waals surface area contributed by atoms with Gasteiger partial charge in [-0.05, 0) is 13.0 Å². The zero-order valence-corrected chi connectivity index (χ0v) is 9.09. The number of nitrogens with zero attached hydrogens (tertiary/aromatic N) is 2. The second-order valence-corrected chi connectivity index (χ2v) is 2.90. The molecule has 0 saturated carbocycles. The third kappa shape index (κ3) is 3.39. The van der Waals surface area contributed by atoms with E-state index in [1.807, 2.05) is 6.92 Å². The van der Waals surface area contributed by atoms with Crippen molar-refractivity contribution in [1.82, 2.24) is 4.98 Å². The third-order valence-corrected chi connectivity index (χ3v) is 1.86. The second-order valence-electron chi connectivity index (χ2n) is 2.90. The van der Waals surface area contributed by atoms with Crippen LogP contribution in [0.4, 0.5) is 0 Å². The lowest BCUT2D eigenvalue weighted by atomic mass is 10.2. The van der Waals surface area contributed by atoms with Crippen molar-refractivity contribution in [2.24, 2.45) is 10.9 Å². The Bertz CT molecular complexity index is 355. The first-order chi connectivity index (χ1) is 7.79. The molecule has 1 heterocycles. The van der Waals surface area contributed by atoms with Gasteiger partial charge in [0.1, 0.15) is 12.4 Å². The predicted molar refractivity (Wildman–Crippen MR) is 58.7 cm³/mol. The van der Waals surface area contributed by atoms with E-state index in [0.29, 0.717) is 31.1 Å². The maximum Gasteiger partial charge on any atom is 0.173 e. The maximum absolute atomic E-state index is 8.58. The van der Waals surface area contributed by atoms with Crippen molar-refractivity contribution in [2.75, 3.05) is 19.8 Å². The van der Waals surface area contributed by atoms with Gasteiger partial charge in [-0.2, -0.15) is 0 Å². The number of oxime groups is 1. The predicted octanol–water partition coefficient (Wildman–Crippen LogP) is 0.591. The van der Waals surface area contributed by atoms with Crippen LogP contribution in [0.2, 0.25) is 0 Å². The second kappa shape index (κ2) is 6.62. The highest BCUT2D eigenvalue weighted by Crippen LogP contribution is 2.15. The molecular weight excluding hydrogens is 210 g/mol. The van der Waals surface area contributed by atoms with Crippen LogP contribution in [0.1, 0.15) is 12.5 Å². The van der Waals surface area contributed by atoms with Crippen LogP contribution in [0.25, 0.3) is 0 Å². The first kappa shape index (κ1) is 12.3. The van der Waals surface area contributed by atoms with Gasteiger partial charge in [0.05, 0.1) is 18.4 Å². The molecule has 0 aliphatic rings. The van der Waals surface area contributed by atoms with Gasteiger partial charge in [0.2, 0.25) is 0 Å². The molecule has 6 nitrogen and oxygen atoms in total. The van der Waals surface area contributed by atoms with Gasteiger partial charge < -0.3 is 20.4 Å². The van der Waals surface area contributed by atoms with Gasteiger partial charge in [0, 0.05) is 12.8 Å². The molecule has 3 N–H and O–H groups in total. The number of hydrogen-bond acceptors (Lipinski definition) is 5. The molecule has 0 radical (unpaired) electrons. The normalized spacial score (nSPS) is 11.4. The van der Waals surface area contributed by atoms with Gasteiger partial charge in [-0.1, -0.05) is 5.16 Å². The molecule has 0 atom stereocenters. The molecule has 6 heteroatoms. The van der Waals surface area contributed by atoms with E-state index in [4.69, 9.17) is 20.4 Å². The van der Waals surface area contributed by atoms with Crippen LogP contribution in [0.5, 0.6) is 5.75 Å². The standard InChI is InChI=1S/C10H15N3O3/c1-2-15-5-6-16-9-7-12-4-3-8(9)10(11)13-14/h3-4,7,14H,2,5-6H2,1H3,(H2,11,13). The SMILES string of the molecule is CCOCCOc1cnccc1/C(N)=N/O. The van der Waals surface area contributed by atoms with Crippen molar-refractivity contribution in [3.8, 4) is 5.75 Å². The smallest absolute Gasteiger partial charge is 0.173 e. The number of rotatable bonds is 6. The van der Waals surface area contributed by atoms with Gasteiger partial charge in [-0.3, -0.25) is 4.98 Å². The first-order valence-electron chi connectivity index (χ1n) is 4.92. The summed E-state index contributed by atoms with van der Waals surface area (Å²) < 4.78 is 10.5. The summed E-state index contributed by atoms with van der Waals surface area (Å²) in [6.45, 7) is 3.43. The average molecular weight is 225 g/mol. The lowest BCUT2D eigenvalue weighted by Crippen LogP contribution is -2.16. The highest BCUT2D eigenvalue weighted by atomic mass is 16.5. The number of ether oxygens (including phenoxy) is 2. The van der Waals surface area contributed by atoms with E-state index in [2.05, 4.69) is 10.1 Å². The van der Waals surface area contributed by atoms with Crippen molar-refractivity contribution in [1.29, 1.82) is 0 Å². The van der Waals surface area contributed by atoms with E-state index in [1.54, 1.807) is 12.3 Å². The summed E-state index contributed by atoms with van der Waals surface area (Å²) in [7, 11) is 0. The van der Waals surface area contributed by atoms with Gasteiger partial charge in [-0.15, -0.1) is 0 Å². The number of pyridine rings is 1. The number of aromatic nitrogens is 1. The molecule has 0 spiro atoms. The number of hydrogen-bond donors (Lipinski definition) is 2. The molecule has 0 fully saturated rings. The molecule has 0 bridgehead atoms. The van der Waals surface area contributed by atoms with E-state index in [9.17, 15) is 0 Å². The molecule has 1 rings (SSSR count). The molecule has 1 aromatic rings. The van der Waals surface area contributed by atoms with Crippen molar-refractivity contribution < 1.29 is 14.7 Å². The van der Waals surface area contributed by atoms with E-state index in [-0.39, 0.29) is 5.84 Å². The van der Waals surface area contributed by atoms with Gasteiger partial charge in [0.25, 0.3) is 0 Å². The zero-order chi connectivity index (χ0) is 11.8. The summed E-state index contributed by atoms with van der Waals surface area (Å²) >= 11 is 0. The minimum absolute atomic E-state index is 0.00573. The van der Waals surface area contributed by atoms with E-state index in [0.717, 1.165) is 0 Å². The molecule has 1 aromatic heterocycles. The Morgan fingerprint density at radius 2 is 2.38 bits per heavy atom. The van der Waals surface area contributed by atoms with Gasteiger partial charge in [0.15, 0.2) is 5.84 Å². The molecule has 0 amide bonds. The van der Waals surface area contributed by atoms with Crippen LogP contribution in [-0.2, 0) is 4.74 Å². The zero-order valence-electron chi connectivity index (χ0n) is 9.09. The lowest BCUT2D eigenvalue weighted by Gasteiger charge is -2.09. The summed E-state index contributed by atoms with van der Waals surface area (Å²) in [6, 6.07) is 1.62. The average Bonchev–Trinajstić information content (AvgIpc) is 2.34. The molecule has 88 valence electrons. The largest absolute Gasteiger partial charge is 0.489 e. The quantitative estimate of drug-likeness (QED) is 0.243. The lowest BCUT2D eigenvalue weighted by molar-refractivity contribution is 0.110. The van der Waals surface area contributed by atoms with E-state index in [1.165, 1.54) is 6.20 Å². The molecular formula is C10H15N3O3. The van der Waals surface area contributed by atoms with Gasteiger partial charge in [-0.25, -0.2) is 0 Å². The minimum atomic E-state index is -0.00573. The fourth-order valence-corrected chi connectivity index (χ4v) is 1.12. The Morgan fingerprint density at radius 1 is 1.56 bits per heavy atom. The fourth-order valence-electron chi connectivity index (χ4n) is 1.12. The van der Waals surface area contributed by atoms with Crippen LogP contribution in [0, 0.1) is 0 Å². The monoisotopic (exact) mass is 225 g/mol. The van der Waals surface area contributed by atoms with E-state index < -0.39 is 0 Å². The summed E-state index contributed by atoms with van der Waals surface area (Å²) in [6.07, 6.45) is 3.06. The third-order valence-electron chi connectivity index (χ3n) is 1.86. The molecule has 0 aliphatic heterocycles. The van der Waals surface area contributed by atoms with E-state index >= 15 is 0 Å². The number of amidine groups is 1. The summed E-state index contributed by atoms with van der Waals surface area (Å²) in [4.78, 5) is 3.90. The fraction of sp³-hybridized carbons (Fsp3) is 0.400. The van der Waals surface area contributed by atoms with Crippen LogP contribution in [0.3, 0.4) is 0 Å². The molecule has 0 aromatic carbocycles. The summed E-state index contributed by atoms with van der Waals surface area (Å²) in [5.74, 6) is 0.464. The summed E-state index contributed by atoms with van der Waals surface area (Å²) in [5.41, 5.74) is 5.99.